The third kappa shape index (κ3) is 7.77. The van der Waals surface area contributed by atoms with E-state index in [2.05, 4.69) is 10.6 Å². The van der Waals surface area contributed by atoms with Gasteiger partial charge in [-0.15, -0.1) is 0 Å². The molecule has 4 nitrogen and oxygen atoms in total. The van der Waals surface area contributed by atoms with Gasteiger partial charge in [-0.3, -0.25) is 9.59 Å². The highest BCUT2D eigenvalue weighted by Gasteiger charge is 2.30. The summed E-state index contributed by atoms with van der Waals surface area (Å²) in [4.78, 5) is 22.6. The largest absolute Gasteiger partial charge is 0.351 e. The van der Waals surface area contributed by atoms with E-state index in [-0.39, 0.29) is 22.9 Å². The maximum atomic E-state index is 11.6. The summed E-state index contributed by atoms with van der Waals surface area (Å²) >= 11 is 0. The van der Waals surface area contributed by atoms with Crippen LogP contribution in [-0.2, 0) is 9.59 Å². The smallest absolute Gasteiger partial charge is 0.220 e. The van der Waals surface area contributed by atoms with Gasteiger partial charge in [0, 0.05) is 24.4 Å². The molecule has 0 saturated heterocycles. The first-order chi connectivity index (χ1) is 7.58. The van der Waals surface area contributed by atoms with Crippen LogP contribution in [0.25, 0.3) is 0 Å². The second kappa shape index (κ2) is 6.03. The first-order valence-electron chi connectivity index (χ1n) is 6.18. The average Bonchev–Trinajstić information content (AvgIpc) is 1.96. The number of hydrogen-bond donors (Lipinski definition) is 2. The molecule has 0 aromatic heterocycles. The summed E-state index contributed by atoms with van der Waals surface area (Å²) in [6, 6.07) is 0. The lowest BCUT2D eigenvalue weighted by Crippen LogP contribution is -2.53. The van der Waals surface area contributed by atoms with Crippen LogP contribution in [0.15, 0.2) is 0 Å². The van der Waals surface area contributed by atoms with Gasteiger partial charge in [0.2, 0.25) is 11.8 Å². The topological polar surface area (TPSA) is 58.2 Å². The Hall–Kier alpha value is -1.06. The summed E-state index contributed by atoms with van der Waals surface area (Å²) in [5.74, 6) is 0.0156. The summed E-state index contributed by atoms with van der Waals surface area (Å²) in [6.45, 7) is 11.4. The van der Waals surface area contributed by atoms with E-state index < -0.39 is 0 Å². The van der Waals surface area contributed by atoms with E-state index in [1.807, 2.05) is 34.6 Å². The maximum absolute atomic E-state index is 11.6. The van der Waals surface area contributed by atoms with Crippen molar-refractivity contribution in [2.24, 2.45) is 0 Å². The Bertz CT molecular complexity index is 283. The predicted molar refractivity (Wildman–Crippen MR) is 69.6 cm³/mol. The maximum Gasteiger partial charge on any atom is 0.220 e. The van der Waals surface area contributed by atoms with Crippen LogP contribution in [-0.4, -0.2) is 22.9 Å². The molecule has 0 aliphatic carbocycles. The molecule has 0 unspecified atom stereocenters. The predicted octanol–water partition coefficient (Wildman–Crippen LogP) is 1.99. The summed E-state index contributed by atoms with van der Waals surface area (Å²) in [5, 5.41) is 5.89. The molecule has 0 spiro atoms. The molecule has 0 heterocycles. The van der Waals surface area contributed by atoms with Crippen LogP contribution in [0.5, 0.6) is 0 Å². The zero-order chi connectivity index (χ0) is 13.7. The van der Waals surface area contributed by atoms with Crippen molar-refractivity contribution in [3.63, 3.8) is 0 Å². The third-order valence-corrected chi connectivity index (χ3v) is 2.35. The molecule has 2 amide bonds. The molecule has 0 aliphatic rings. The van der Waals surface area contributed by atoms with E-state index in [9.17, 15) is 9.59 Å². The van der Waals surface area contributed by atoms with Crippen molar-refractivity contribution in [3.8, 4) is 0 Å². The normalized spacial score (nSPS) is 12.1. The number of rotatable bonds is 6. The zero-order valence-corrected chi connectivity index (χ0v) is 11.9. The molecule has 0 saturated carbocycles. The minimum Gasteiger partial charge on any atom is -0.351 e. The summed E-state index contributed by atoms with van der Waals surface area (Å²) in [6.07, 6.45) is 2.08. The van der Waals surface area contributed by atoms with Crippen LogP contribution in [0.4, 0.5) is 0 Å². The summed E-state index contributed by atoms with van der Waals surface area (Å²) in [7, 11) is 0. The van der Waals surface area contributed by atoms with Gasteiger partial charge in [0.1, 0.15) is 0 Å². The SMILES string of the molecule is CCCC(=O)NC(C)(C)CC(C)(C)NC(C)=O. The summed E-state index contributed by atoms with van der Waals surface area (Å²) < 4.78 is 0. The van der Waals surface area contributed by atoms with Gasteiger partial charge >= 0.3 is 0 Å². The Balaban J connectivity index is 4.41. The second-order valence-electron chi connectivity index (χ2n) is 5.92. The minimum atomic E-state index is -0.325. The fraction of sp³-hybridized carbons (Fsp3) is 0.846. The third-order valence-electron chi connectivity index (χ3n) is 2.35. The molecule has 100 valence electrons. The minimum absolute atomic E-state index is 0.0503. The molecular formula is C13H26N2O2. The molecule has 0 atom stereocenters. The molecule has 4 heteroatoms. The molecule has 0 aliphatic heterocycles. The van der Waals surface area contributed by atoms with Crippen LogP contribution < -0.4 is 10.6 Å². The molecule has 0 radical (unpaired) electrons. The van der Waals surface area contributed by atoms with E-state index in [4.69, 9.17) is 0 Å². The molecule has 0 aromatic rings. The zero-order valence-electron chi connectivity index (χ0n) is 11.9. The monoisotopic (exact) mass is 242 g/mol. The average molecular weight is 242 g/mol. The lowest BCUT2D eigenvalue weighted by molar-refractivity contribution is -0.122. The fourth-order valence-corrected chi connectivity index (χ4v) is 2.34. The van der Waals surface area contributed by atoms with Crippen LogP contribution in [0.3, 0.4) is 0 Å². The standard InChI is InChI=1S/C13H26N2O2/c1-7-8-11(17)15-13(5,6)9-12(3,4)14-10(2)16/h7-9H2,1-6H3,(H,14,16)(H,15,17). The number of carbonyl (C=O) groups is 2. The van der Waals surface area contributed by atoms with Crippen LogP contribution in [0, 0.1) is 0 Å². The van der Waals surface area contributed by atoms with Crippen LogP contribution in [0.1, 0.15) is 60.8 Å². The van der Waals surface area contributed by atoms with E-state index in [1.165, 1.54) is 6.92 Å². The van der Waals surface area contributed by atoms with Crippen molar-refractivity contribution < 1.29 is 9.59 Å². The summed E-state index contributed by atoms with van der Waals surface area (Å²) in [5.41, 5.74) is -0.646. The Morgan fingerprint density at radius 3 is 1.88 bits per heavy atom. The molecule has 0 rings (SSSR count). The van der Waals surface area contributed by atoms with Crippen molar-refractivity contribution in [3.05, 3.63) is 0 Å². The highest BCUT2D eigenvalue weighted by molar-refractivity contribution is 5.76. The Labute approximate surface area is 105 Å². The van der Waals surface area contributed by atoms with Crippen LogP contribution in [0.2, 0.25) is 0 Å². The van der Waals surface area contributed by atoms with Gasteiger partial charge in [-0.2, -0.15) is 0 Å². The highest BCUT2D eigenvalue weighted by Crippen LogP contribution is 2.20. The molecule has 0 fully saturated rings. The second-order valence-corrected chi connectivity index (χ2v) is 5.92. The van der Waals surface area contributed by atoms with Crippen molar-refractivity contribution >= 4 is 11.8 Å². The van der Waals surface area contributed by atoms with E-state index in [0.29, 0.717) is 12.8 Å². The molecule has 17 heavy (non-hydrogen) atoms. The Morgan fingerprint density at radius 1 is 1.00 bits per heavy atom. The Morgan fingerprint density at radius 2 is 1.47 bits per heavy atom. The van der Waals surface area contributed by atoms with Gasteiger partial charge in [0.05, 0.1) is 0 Å². The molecule has 0 aromatic carbocycles. The Kier molecular flexibility index (Phi) is 5.66. The number of nitrogens with one attached hydrogen (secondary N) is 2. The van der Waals surface area contributed by atoms with E-state index in [1.54, 1.807) is 0 Å². The van der Waals surface area contributed by atoms with Gasteiger partial charge in [-0.1, -0.05) is 6.92 Å². The van der Waals surface area contributed by atoms with Gasteiger partial charge < -0.3 is 10.6 Å². The van der Waals surface area contributed by atoms with Crippen LogP contribution >= 0.6 is 0 Å². The first kappa shape index (κ1) is 15.9. The lowest BCUT2D eigenvalue weighted by atomic mass is 9.86. The van der Waals surface area contributed by atoms with Crippen molar-refractivity contribution in [1.82, 2.24) is 10.6 Å². The molecular weight excluding hydrogens is 216 g/mol. The van der Waals surface area contributed by atoms with Gasteiger partial charge in [-0.05, 0) is 40.5 Å². The number of carbonyl (C=O) groups excluding carboxylic acids is 2. The van der Waals surface area contributed by atoms with Crippen molar-refractivity contribution in [2.45, 2.75) is 71.9 Å². The van der Waals surface area contributed by atoms with Crippen molar-refractivity contribution in [2.75, 3.05) is 0 Å². The fourth-order valence-electron chi connectivity index (χ4n) is 2.34. The molecule has 2 N–H and O–H groups in total. The van der Waals surface area contributed by atoms with Gasteiger partial charge in [0.25, 0.3) is 0 Å². The highest BCUT2D eigenvalue weighted by atomic mass is 16.2. The van der Waals surface area contributed by atoms with E-state index in [0.717, 1.165) is 6.42 Å². The first-order valence-corrected chi connectivity index (χ1v) is 6.18. The quantitative estimate of drug-likeness (QED) is 0.748. The van der Waals surface area contributed by atoms with E-state index >= 15 is 0 Å². The van der Waals surface area contributed by atoms with Gasteiger partial charge in [-0.25, -0.2) is 0 Å². The number of amides is 2. The molecule has 0 bridgehead atoms. The van der Waals surface area contributed by atoms with Gasteiger partial charge in [0.15, 0.2) is 0 Å². The van der Waals surface area contributed by atoms with Crippen molar-refractivity contribution in [1.29, 1.82) is 0 Å². The lowest BCUT2D eigenvalue weighted by Gasteiger charge is -2.36. The number of hydrogen-bond acceptors (Lipinski definition) is 2.